The molecule has 2 bridgehead atoms. The quantitative estimate of drug-likeness (QED) is 0.513. The highest BCUT2D eigenvalue weighted by Crippen LogP contribution is 2.72. The van der Waals surface area contributed by atoms with Crippen molar-refractivity contribution < 1.29 is 0 Å². The summed E-state index contributed by atoms with van der Waals surface area (Å²) in [6.07, 6.45) is 6.83. The third kappa shape index (κ3) is 0.822. The molecule has 0 aromatic heterocycles. The van der Waals surface area contributed by atoms with Gasteiger partial charge in [-0.2, -0.15) is 0 Å². The van der Waals surface area contributed by atoms with Crippen LogP contribution in [0.15, 0.2) is 24.3 Å². The van der Waals surface area contributed by atoms with E-state index in [1.165, 1.54) is 36.8 Å². The van der Waals surface area contributed by atoms with E-state index in [0.717, 1.165) is 18.3 Å². The third-order valence-electron chi connectivity index (χ3n) is 6.33. The predicted molar refractivity (Wildman–Crippen MR) is 64.6 cm³/mol. The summed E-state index contributed by atoms with van der Waals surface area (Å²) < 4.78 is 0. The first-order valence-corrected chi connectivity index (χ1v) is 6.37. The first-order valence-electron chi connectivity index (χ1n) is 6.37. The Morgan fingerprint density at radius 3 is 1.53 bits per heavy atom. The summed E-state index contributed by atoms with van der Waals surface area (Å²) in [5, 5.41) is 0. The van der Waals surface area contributed by atoms with Crippen molar-refractivity contribution in [3.8, 4) is 0 Å². The van der Waals surface area contributed by atoms with Crippen LogP contribution in [0.2, 0.25) is 0 Å². The zero-order chi connectivity index (χ0) is 10.8. The van der Waals surface area contributed by atoms with Gasteiger partial charge in [0.1, 0.15) is 0 Å². The Hall–Kier alpha value is -0.520. The van der Waals surface area contributed by atoms with Gasteiger partial charge >= 0.3 is 0 Å². The fraction of sp³-hybridized carbons (Fsp3) is 0.733. The van der Waals surface area contributed by atoms with Crippen LogP contribution in [-0.2, 0) is 0 Å². The van der Waals surface area contributed by atoms with Crippen molar-refractivity contribution >= 4 is 0 Å². The highest BCUT2D eigenvalue weighted by atomic mass is 14.7. The van der Waals surface area contributed by atoms with E-state index in [9.17, 15) is 0 Å². The fourth-order valence-electron chi connectivity index (χ4n) is 5.03. The van der Waals surface area contributed by atoms with Crippen LogP contribution in [0.1, 0.15) is 46.0 Å². The predicted octanol–water partition coefficient (Wildman–Crippen LogP) is 4.34. The van der Waals surface area contributed by atoms with Crippen molar-refractivity contribution in [2.24, 2.45) is 22.7 Å². The van der Waals surface area contributed by atoms with Gasteiger partial charge in [0.25, 0.3) is 0 Å². The molecule has 4 fully saturated rings. The molecule has 0 aromatic carbocycles. The molecular formula is C15H22. The van der Waals surface area contributed by atoms with E-state index < -0.39 is 0 Å². The summed E-state index contributed by atoms with van der Waals surface area (Å²) in [6.45, 7) is 13.7. The van der Waals surface area contributed by atoms with Crippen LogP contribution in [-0.4, -0.2) is 0 Å². The lowest BCUT2D eigenvalue weighted by atomic mass is 9.44. The molecule has 0 aromatic rings. The second kappa shape index (κ2) is 2.59. The molecule has 4 saturated carbocycles. The largest absolute Gasteiger partial charge is 0.0989 e. The van der Waals surface area contributed by atoms with Crippen LogP contribution in [0, 0.1) is 22.7 Å². The molecule has 2 unspecified atom stereocenters. The summed E-state index contributed by atoms with van der Waals surface area (Å²) in [7, 11) is 0. The van der Waals surface area contributed by atoms with E-state index >= 15 is 0 Å². The molecule has 4 rings (SSSR count). The summed E-state index contributed by atoms with van der Waals surface area (Å²) in [6, 6.07) is 0. The molecule has 0 nitrogen and oxygen atoms in total. The molecular weight excluding hydrogens is 180 g/mol. The molecule has 0 spiro atoms. The number of rotatable bonds is 0. The van der Waals surface area contributed by atoms with Gasteiger partial charge in [0.05, 0.1) is 0 Å². The van der Waals surface area contributed by atoms with E-state index in [0.29, 0.717) is 10.8 Å². The SMILES string of the molecule is C=C1CC(=C)C2(C)C3CCC(CC3)C12C. The molecule has 0 radical (unpaired) electrons. The smallest absolute Gasteiger partial charge is 0.000594 e. The Morgan fingerprint density at radius 1 is 0.867 bits per heavy atom. The number of hydrogen-bond donors (Lipinski definition) is 0. The number of fused-ring (bicyclic) bond motifs is 2. The molecule has 0 amide bonds. The van der Waals surface area contributed by atoms with Crippen molar-refractivity contribution in [3.63, 3.8) is 0 Å². The maximum atomic E-state index is 4.36. The van der Waals surface area contributed by atoms with Gasteiger partial charge < -0.3 is 0 Å². The van der Waals surface area contributed by atoms with Gasteiger partial charge in [-0.1, -0.05) is 38.2 Å². The summed E-state index contributed by atoms with van der Waals surface area (Å²) >= 11 is 0. The zero-order valence-corrected chi connectivity index (χ0v) is 10.1. The third-order valence-corrected chi connectivity index (χ3v) is 6.33. The molecule has 0 aliphatic heterocycles. The van der Waals surface area contributed by atoms with Crippen LogP contribution >= 0.6 is 0 Å². The van der Waals surface area contributed by atoms with Crippen LogP contribution in [0.3, 0.4) is 0 Å². The van der Waals surface area contributed by atoms with Crippen LogP contribution in [0.5, 0.6) is 0 Å². The van der Waals surface area contributed by atoms with E-state index in [4.69, 9.17) is 0 Å². The molecule has 82 valence electrons. The normalized spacial score (nSPS) is 53.5. The van der Waals surface area contributed by atoms with Gasteiger partial charge in [-0.05, 0) is 43.9 Å². The summed E-state index contributed by atoms with van der Waals surface area (Å²) in [5.41, 5.74) is 3.71. The average molecular weight is 202 g/mol. The lowest BCUT2D eigenvalue weighted by molar-refractivity contribution is -0.0635. The first kappa shape index (κ1) is 9.69. The summed E-state index contributed by atoms with van der Waals surface area (Å²) in [4.78, 5) is 0. The maximum Gasteiger partial charge on any atom is 0.000594 e. The van der Waals surface area contributed by atoms with E-state index in [1.54, 1.807) is 0 Å². The second-order valence-electron chi connectivity index (χ2n) is 6.34. The van der Waals surface area contributed by atoms with Gasteiger partial charge in [-0.3, -0.25) is 0 Å². The Balaban J connectivity index is 2.19. The molecule has 15 heavy (non-hydrogen) atoms. The molecule has 0 heteroatoms. The minimum Gasteiger partial charge on any atom is -0.0989 e. The van der Waals surface area contributed by atoms with E-state index in [2.05, 4.69) is 27.0 Å². The minimum absolute atomic E-state index is 0.380. The Morgan fingerprint density at radius 2 is 1.20 bits per heavy atom. The minimum atomic E-state index is 0.380. The lowest BCUT2D eigenvalue weighted by Crippen LogP contribution is -2.53. The van der Waals surface area contributed by atoms with E-state index in [-0.39, 0.29) is 0 Å². The molecule has 4 aliphatic rings. The van der Waals surface area contributed by atoms with Crippen LogP contribution in [0.4, 0.5) is 0 Å². The van der Waals surface area contributed by atoms with Gasteiger partial charge in [-0.25, -0.2) is 0 Å². The first-order chi connectivity index (χ1) is 7.01. The highest BCUT2D eigenvalue weighted by molar-refractivity contribution is 5.40. The van der Waals surface area contributed by atoms with Crippen molar-refractivity contribution in [2.75, 3.05) is 0 Å². The highest BCUT2D eigenvalue weighted by Gasteiger charge is 2.64. The lowest BCUT2D eigenvalue weighted by Gasteiger charge is -2.60. The Bertz CT molecular complexity index is 309. The summed E-state index contributed by atoms with van der Waals surface area (Å²) in [5.74, 6) is 1.78. The number of hydrogen-bond acceptors (Lipinski definition) is 0. The zero-order valence-electron chi connectivity index (χ0n) is 10.1. The van der Waals surface area contributed by atoms with Gasteiger partial charge in [0.15, 0.2) is 0 Å². The van der Waals surface area contributed by atoms with Crippen LogP contribution in [0.25, 0.3) is 0 Å². The van der Waals surface area contributed by atoms with Crippen molar-refractivity contribution in [2.45, 2.75) is 46.0 Å². The van der Waals surface area contributed by atoms with Crippen molar-refractivity contribution in [3.05, 3.63) is 24.3 Å². The average Bonchev–Trinajstić information content (AvgIpc) is 2.42. The monoisotopic (exact) mass is 202 g/mol. The molecule has 2 atom stereocenters. The van der Waals surface area contributed by atoms with Gasteiger partial charge in [0.2, 0.25) is 0 Å². The Labute approximate surface area is 93.5 Å². The number of allylic oxidation sites excluding steroid dienone is 2. The fourth-order valence-corrected chi connectivity index (χ4v) is 5.03. The molecule has 0 saturated heterocycles. The van der Waals surface area contributed by atoms with Crippen molar-refractivity contribution in [1.29, 1.82) is 0 Å². The molecule has 4 aliphatic carbocycles. The second-order valence-corrected chi connectivity index (χ2v) is 6.34. The molecule has 0 N–H and O–H groups in total. The maximum absolute atomic E-state index is 4.36. The Kier molecular flexibility index (Phi) is 1.67. The standard InChI is InChI=1S/C15H22/c1-10-9-11(2)15(4)13-7-5-12(6-8-13)14(10,15)3/h12-13H,1-2,5-9H2,3-4H3. The van der Waals surface area contributed by atoms with Gasteiger partial charge in [-0.15, -0.1) is 0 Å². The van der Waals surface area contributed by atoms with Gasteiger partial charge in [0, 0.05) is 10.8 Å². The molecule has 0 heterocycles. The van der Waals surface area contributed by atoms with Crippen molar-refractivity contribution in [1.82, 2.24) is 0 Å². The van der Waals surface area contributed by atoms with Crippen LogP contribution < -0.4 is 0 Å². The van der Waals surface area contributed by atoms with E-state index in [1.807, 2.05) is 0 Å². The topological polar surface area (TPSA) is 0 Å².